The van der Waals surface area contributed by atoms with Gasteiger partial charge in [-0.2, -0.15) is 21.5 Å². The van der Waals surface area contributed by atoms with E-state index < -0.39 is 34.3 Å². The molecule has 3 aromatic heterocycles. The number of fused-ring (bicyclic) bond motifs is 1. The number of anilines is 1. The number of hydrogen-bond acceptors (Lipinski definition) is 7. The highest BCUT2D eigenvalue weighted by molar-refractivity contribution is 7.90. The number of rotatable bonds is 8. The lowest BCUT2D eigenvalue weighted by atomic mass is 9.91. The fourth-order valence-electron chi connectivity index (χ4n) is 5.60. The van der Waals surface area contributed by atoms with Crippen LogP contribution in [0.2, 0.25) is 0 Å². The van der Waals surface area contributed by atoms with E-state index in [9.17, 15) is 30.4 Å². The number of benzene rings is 1. The predicted molar refractivity (Wildman–Crippen MR) is 145 cm³/mol. The van der Waals surface area contributed by atoms with Crippen LogP contribution >= 0.6 is 0 Å². The molecule has 0 unspecified atom stereocenters. The van der Waals surface area contributed by atoms with E-state index in [4.69, 9.17) is 4.42 Å². The van der Waals surface area contributed by atoms with Crippen LogP contribution in [0.1, 0.15) is 43.7 Å². The fraction of sp³-hybridized carbons (Fsp3) is 0.444. The first-order chi connectivity index (χ1) is 20.5. The minimum Gasteiger partial charge on any atom is -0.415 e. The lowest BCUT2D eigenvalue weighted by Gasteiger charge is -2.42. The van der Waals surface area contributed by atoms with E-state index in [1.54, 1.807) is 22.9 Å². The third-order valence-corrected chi connectivity index (χ3v) is 9.78. The molecule has 1 aliphatic heterocycles. The summed E-state index contributed by atoms with van der Waals surface area (Å²) < 4.78 is 104. The second kappa shape index (κ2) is 11.5. The molecule has 1 aromatic carbocycles. The molecule has 1 saturated heterocycles. The first kappa shape index (κ1) is 29.4. The van der Waals surface area contributed by atoms with E-state index in [2.05, 4.69) is 20.1 Å². The molecule has 4 aromatic rings. The molecular formula is C27H28F5N7O3S. The largest absolute Gasteiger partial charge is 0.415 e. The van der Waals surface area contributed by atoms with Crippen LogP contribution in [0.15, 0.2) is 53.2 Å². The molecule has 4 heterocycles. The number of nitrogens with zero attached hydrogens (tertiary/aromatic N) is 7. The van der Waals surface area contributed by atoms with Gasteiger partial charge in [-0.15, -0.1) is 10.2 Å². The molecule has 0 spiro atoms. The van der Waals surface area contributed by atoms with Crippen molar-refractivity contribution >= 4 is 21.5 Å². The van der Waals surface area contributed by atoms with Gasteiger partial charge in [-0.1, -0.05) is 6.07 Å². The van der Waals surface area contributed by atoms with E-state index in [0.717, 1.165) is 10.4 Å². The zero-order valence-electron chi connectivity index (χ0n) is 22.8. The first-order valence-corrected chi connectivity index (χ1v) is 15.1. The molecule has 10 nitrogen and oxygen atoms in total. The molecule has 16 heteroatoms. The molecule has 2 aliphatic rings. The van der Waals surface area contributed by atoms with Crippen LogP contribution in [-0.2, 0) is 16.8 Å². The molecule has 43 heavy (non-hydrogen) atoms. The lowest BCUT2D eigenvalue weighted by Crippen LogP contribution is -2.55. The standard InChI is InChI=1S/C27H28F5N7O3S/c28-19-2-1-3-22(15-19)39(43(40,41)38-12-10-36(11-13-38)21-4-7-27(31,32)8-5-21)17-20-16-37-9-6-18(14-23(37)33-20)25-34-35-26(42-25)24(29)30/h1-3,6,9,14-16,21,24H,4-5,7-8,10-13,17H2. The van der Waals surface area contributed by atoms with E-state index in [1.807, 2.05) is 0 Å². The van der Waals surface area contributed by atoms with Gasteiger partial charge in [0.05, 0.1) is 17.9 Å². The van der Waals surface area contributed by atoms with Crippen molar-refractivity contribution in [2.45, 2.75) is 50.6 Å². The van der Waals surface area contributed by atoms with Crippen molar-refractivity contribution in [1.29, 1.82) is 0 Å². The molecule has 6 rings (SSSR count). The summed E-state index contributed by atoms with van der Waals surface area (Å²) in [6, 6.07) is 8.33. The van der Waals surface area contributed by atoms with E-state index in [0.29, 0.717) is 42.8 Å². The van der Waals surface area contributed by atoms with Gasteiger partial charge in [-0.25, -0.2) is 18.2 Å². The molecule has 1 aliphatic carbocycles. The Morgan fingerprint density at radius 2 is 1.79 bits per heavy atom. The molecule has 0 amide bonds. The fourth-order valence-corrected chi connectivity index (χ4v) is 7.18. The van der Waals surface area contributed by atoms with Gasteiger partial charge in [0.1, 0.15) is 11.5 Å². The SMILES string of the molecule is O=S(=O)(N1CCN(C2CCC(F)(F)CC2)CC1)N(Cc1cn2ccc(-c3nnc(C(F)F)o3)cc2n1)c1cccc(F)c1. The Morgan fingerprint density at radius 1 is 1.05 bits per heavy atom. The molecule has 0 atom stereocenters. The number of piperazine rings is 1. The summed E-state index contributed by atoms with van der Waals surface area (Å²) in [6.45, 7) is 0.872. The highest BCUT2D eigenvalue weighted by atomic mass is 32.2. The van der Waals surface area contributed by atoms with Crippen molar-refractivity contribution in [3.05, 3.63) is 66.2 Å². The third-order valence-electron chi connectivity index (χ3n) is 7.87. The highest BCUT2D eigenvalue weighted by Crippen LogP contribution is 2.36. The number of halogens is 5. The van der Waals surface area contributed by atoms with Gasteiger partial charge in [0.15, 0.2) is 0 Å². The van der Waals surface area contributed by atoms with Gasteiger partial charge in [-0.05, 0) is 43.2 Å². The lowest BCUT2D eigenvalue weighted by molar-refractivity contribution is -0.0561. The Balaban J connectivity index is 1.23. The molecule has 230 valence electrons. The van der Waals surface area contributed by atoms with Gasteiger partial charge in [0.25, 0.3) is 5.89 Å². The summed E-state index contributed by atoms with van der Waals surface area (Å²) in [4.78, 5) is 6.58. The number of imidazole rings is 1. The monoisotopic (exact) mass is 625 g/mol. The maximum absolute atomic E-state index is 14.3. The van der Waals surface area contributed by atoms with E-state index >= 15 is 0 Å². The zero-order valence-corrected chi connectivity index (χ0v) is 23.6. The zero-order chi connectivity index (χ0) is 30.4. The van der Waals surface area contributed by atoms with Crippen LogP contribution in [-0.4, -0.2) is 75.3 Å². The normalized spacial score (nSPS) is 18.9. The van der Waals surface area contributed by atoms with E-state index in [-0.39, 0.29) is 50.1 Å². The maximum Gasteiger partial charge on any atom is 0.314 e. The smallest absolute Gasteiger partial charge is 0.314 e. The van der Waals surface area contributed by atoms with Crippen molar-refractivity contribution in [2.24, 2.45) is 0 Å². The minimum absolute atomic E-state index is 0.0132. The first-order valence-electron chi connectivity index (χ1n) is 13.7. The topological polar surface area (TPSA) is 100 Å². The molecule has 0 radical (unpaired) electrons. The van der Waals surface area contributed by atoms with Gasteiger partial charge in [0, 0.05) is 63.0 Å². The van der Waals surface area contributed by atoms with Gasteiger partial charge < -0.3 is 8.82 Å². The number of alkyl halides is 4. The number of aromatic nitrogens is 4. The van der Waals surface area contributed by atoms with Crippen molar-refractivity contribution in [3.63, 3.8) is 0 Å². The summed E-state index contributed by atoms with van der Waals surface area (Å²) in [5.74, 6) is -4.18. The summed E-state index contributed by atoms with van der Waals surface area (Å²) in [5, 5.41) is 6.97. The second-order valence-electron chi connectivity index (χ2n) is 10.7. The van der Waals surface area contributed by atoms with Crippen LogP contribution in [0.3, 0.4) is 0 Å². The van der Waals surface area contributed by atoms with Crippen LogP contribution < -0.4 is 4.31 Å². The third kappa shape index (κ3) is 6.21. The van der Waals surface area contributed by atoms with Crippen LogP contribution in [0.25, 0.3) is 17.1 Å². The molecule has 0 N–H and O–H groups in total. The quantitative estimate of drug-likeness (QED) is 0.257. The summed E-state index contributed by atoms with van der Waals surface area (Å²) >= 11 is 0. The van der Waals surface area contributed by atoms with Gasteiger partial charge >= 0.3 is 16.6 Å². The van der Waals surface area contributed by atoms with E-state index in [1.165, 1.54) is 28.6 Å². The average Bonchev–Trinajstić information content (AvgIpc) is 3.63. The number of hydrogen-bond donors (Lipinski definition) is 0. The highest BCUT2D eigenvalue weighted by Gasteiger charge is 2.39. The maximum atomic E-state index is 14.3. The Kier molecular flexibility index (Phi) is 7.85. The summed E-state index contributed by atoms with van der Waals surface area (Å²) in [7, 11) is -4.16. The van der Waals surface area contributed by atoms with Crippen LogP contribution in [0, 0.1) is 5.82 Å². The minimum atomic E-state index is -4.16. The molecular weight excluding hydrogens is 597 g/mol. The Hall–Kier alpha value is -3.63. The Bertz CT molecular complexity index is 1700. The van der Waals surface area contributed by atoms with Crippen molar-refractivity contribution in [1.82, 2.24) is 28.8 Å². The van der Waals surface area contributed by atoms with Crippen molar-refractivity contribution < 1.29 is 34.8 Å². The summed E-state index contributed by atoms with van der Waals surface area (Å²) in [5.41, 5.74) is 1.16. The number of pyridine rings is 1. The predicted octanol–water partition coefficient (Wildman–Crippen LogP) is 4.91. The van der Waals surface area contributed by atoms with Crippen molar-refractivity contribution in [2.75, 3.05) is 30.5 Å². The van der Waals surface area contributed by atoms with Crippen LogP contribution in [0.4, 0.5) is 27.6 Å². The molecule has 0 bridgehead atoms. The van der Waals surface area contributed by atoms with Gasteiger partial charge in [0.2, 0.25) is 11.8 Å². The summed E-state index contributed by atoms with van der Waals surface area (Å²) in [6.07, 6.45) is 0.674. The van der Waals surface area contributed by atoms with Gasteiger partial charge in [-0.3, -0.25) is 9.21 Å². The average molecular weight is 626 g/mol. The second-order valence-corrected chi connectivity index (χ2v) is 12.5. The Morgan fingerprint density at radius 3 is 2.47 bits per heavy atom. The van der Waals surface area contributed by atoms with Crippen molar-refractivity contribution in [3.8, 4) is 11.5 Å². The molecule has 2 fully saturated rings. The Labute approximate surface area is 243 Å². The van der Waals surface area contributed by atoms with Crippen LogP contribution in [0.5, 0.6) is 0 Å². The molecule has 1 saturated carbocycles.